The lowest BCUT2D eigenvalue weighted by Crippen LogP contribution is -2.01. The van der Waals surface area contributed by atoms with Crippen LogP contribution >= 0.6 is 0 Å². The molecular weight excluding hydrogens is 268 g/mol. The van der Waals surface area contributed by atoms with Crippen LogP contribution in [0.5, 0.6) is 0 Å². The summed E-state index contributed by atoms with van der Waals surface area (Å²) in [6, 6.07) is 13.7. The number of non-ortho nitro benzene ring substituents is 1. The summed E-state index contributed by atoms with van der Waals surface area (Å²) in [6.07, 6.45) is 0.496. The van der Waals surface area contributed by atoms with Crippen LogP contribution in [0.4, 0.5) is 11.4 Å². The van der Waals surface area contributed by atoms with Gasteiger partial charge in [0.1, 0.15) is 0 Å². The number of ketones is 1. The predicted octanol–water partition coefficient (Wildman–Crippen LogP) is 3.80. The van der Waals surface area contributed by atoms with Gasteiger partial charge in [0.15, 0.2) is 5.78 Å². The van der Waals surface area contributed by atoms with Gasteiger partial charge in [-0.3, -0.25) is 14.9 Å². The highest BCUT2D eigenvalue weighted by Gasteiger charge is 2.04. The summed E-state index contributed by atoms with van der Waals surface area (Å²) in [5, 5.41) is 13.8. The topological polar surface area (TPSA) is 72.2 Å². The van der Waals surface area contributed by atoms with E-state index in [1.807, 2.05) is 19.1 Å². The molecule has 0 unspecified atom stereocenters. The van der Waals surface area contributed by atoms with Gasteiger partial charge in [0.25, 0.3) is 5.69 Å². The lowest BCUT2D eigenvalue weighted by Gasteiger charge is -2.07. The third-order valence-electron chi connectivity index (χ3n) is 3.17. The van der Waals surface area contributed by atoms with E-state index >= 15 is 0 Å². The van der Waals surface area contributed by atoms with Crippen molar-refractivity contribution < 1.29 is 9.72 Å². The number of hydrogen-bond donors (Lipinski definition) is 1. The fraction of sp³-hybridized carbons (Fsp3) is 0.188. The van der Waals surface area contributed by atoms with Crippen molar-refractivity contribution in [1.29, 1.82) is 0 Å². The van der Waals surface area contributed by atoms with Gasteiger partial charge >= 0.3 is 0 Å². The molecule has 1 N–H and O–H groups in total. The molecule has 108 valence electrons. The zero-order chi connectivity index (χ0) is 15.2. The highest BCUT2D eigenvalue weighted by Crippen LogP contribution is 2.15. The van der Waals surface area contributed by atoms with E-state index in [1.165, 1.54) is 12.1 Å². The van der Waals surface area contributed by atoms with Gasteiger partial charge in [-0.15, -0.1) is 0 Å². The molecule has 2 rings (SSSR count). The number of nitro benzene ring substituents is 1. The van der Waals surface area contributed by atoms with Crippen molar-refractivity contribution >= 4 is 17.2 Å². The van der Waals surface area contributed by atoms with Crippen molar-refractivity contribution in [2.75, 3.05) is 5.32 Å². The number of rotatable bonds is 6. The normalized spacial score (nSPS) is 10.1. The Morgan fingerprint density at radius 3 is 2.24 bits per heavy atom. The van der Waals surface area contributed by atoms with Crippen LogP contribution < -0.4 is 5.32 Å². The zero-order valence-electron chi connectivity index (χ0n) is 11.7. The molecule has 0 fully saturated rings. The summed E-state index contributed by atoms with van der Waals surface area (Å²) in [5.41, 5.74) is 2.65. The average Bonchev–Trinajstić information content (AvgIpc) is 2.53. The molecule has 0 radical (unpaired) electrons. The van der Waals surface area contributed by atoms with E-state index in [1.54, 1.807) is 24.3 Å². The standard InChI is InChI=1S/C16H16N2O3/c1-2-16(19)13-5-7-14(8-6-13)17-11-12-3-9-15(10-4-12)18(20)21/h3-10,17H,2,11H2,1H3. The molecule has 2 aromatic rings. The van der Waals surface area contributed by atoms with Gasteiger partial charge in [-0.05, 0) is 29.8 Å². The Labute approximate surface area is 122 Å². The molecule has 0 atom stereocenters. The van der Waals surface area contributed by atoms with E-state index < -0.39 is 4.92 Å². The number of carbonyl (C=O) groups is 1. The van der Waals surface area contributed by atoms with Gasteiger partial charge in [-0.25, -0.2) is 0 Å². The van der Waals surface area contributed by atoms with Crippen LogP contribution in [0.3, 0.4) is 0 Å². The molecule has 0 aromatic heterocycles. The minimum atomic E-state index is -0.416. The van der Waals surface area contributed by atoms with Crippen molar-refractivity contribution in [2.24, 2.45) is 0 Å². The van der Waals surface area contributed by atoms with E-state index in [2.05, 4.69) is 5.32 Å². The van der Waals surface area contributed by atoms with E-state index in [0.29, 0.717) is 18.5 Å². The Kier molecular flexibility index (Phi) is 4.66. The number of nitrogens with one attached hydrogen (secondary N) is 1. The molecule has 5 nitrogen and oxygen atoms in total. The second-order valence-electron chi connectivity index (χ2n) is 4.63. The smallest absolute Gasteiger partial charge is 0.269 e. The molecule has 21 heavy (non-hydrogen) atoms. The Morgan fingerprint density at radius 2 is 1.71 bits per heavy atom. The molecular formula is C16H16N2O3. The fourth-order valence-corrected chi connectivity index (χ4v) is 1.92. The first-order valence-corrected chi connectivity index (χ1v) is 6.70. The van der Waals surface area contributed by atoms with Crippen molar-refractivity contribution in [1.82, 2.24) is 0 Å². The van der Waals surface area contributed by atoms with Gasteiger partial charge in [0.05, 0.1) is 4.92 Å². The highest BCUT2D eigenvalue weighted by molar-refractivity contribution is 5.96. The van der Waals surface area contributed by atoms with Gasteiger partial charge in [0.2, 0.25) is 0 Å². The van der Waals surface area contributed by atoms with E-state index in [-0.39, 0.29) is 11.5 Å². The van der Waals surface area contributed by atoms with Crippen molar-refractivity contribution in [3.8, 4) is 0 Å². The van der Waals surface area contributed by atoms with Crippen LogP contribution in [0.15, 0.2) is 48.5 Å². The van der Waals surface area contributed by atoms with Crippen LogP contribution in [0, 0.1) is 10.1 Å². The Bertz CT molecular complexity index is 634. The maximum atomic E-state index is 11.5. The Hall–Kier alpha value is -2.69. The van der Waals surface area contributed by atoms with E-state index in [0.717, 1.165) is 11.3 Å². The Morgan fingerprint density at radius 1 is 1.10 bits per heavy atom. The first-order chi connectivity index (χ1) is 10.1. The predicted molar refractivity (Wildman–Crippen MR) is 81.5 cm³/mol. The number of nitrogens with zero attached hydrogens (tertiary/aromatic N) is 1. The van der Waals surface area contributed by atoms with Gasteiger partial charge < -0.3 is 5.32 Å². The largest absolute Gasteiger partial charge is 0.381 e. The molecule has 0 saturated carbocycles. The summed E-state index contributed by atoms with van der Waals surface area (Å²) in [5.74, 6) is 0.122. The van der Waals surface area contributed by atoms with Crippen LogP contribution in [-0.2, 0) is 6.54 Å². The minimum absolute atomic E-state index is 0.0844. The maximum Gasteiger partial charge on any atom is 0.269 e. The van der Waals surface area contributed by atoms with Crippen LogP contribution in [0.25, 0.3) is 0 Å². The Balaban J connectivity index is 1.96. The number of nitro groups is 1. The first kappa shape index (κ1) is 14.7. The van der Waals surface area contributed by atoms with Gasteiger partial charge in [0, 0.05) is 36.3 Å². The molecule has 0 amide bonds. The molecule has 0 aliphatic rings. The molecule has 2 aromatic carbocycles. The maximum absolute atomic E-state index is 11.5. The molecule has 0 heterocycles. The monoisotopic (exact) mass is 284 g/mol. The summed E-state index contributed by atoms with van der Waals surface area (Å²) < 4.78 is 0. The van der Waals surface area contributed by atoms with Crippen molar-refractivity contribution in [3.63, 3.8) is 0 Å². The number of anilines is 1. The second kappa shape index (κ2) is 6.65. The SMILES string of the molecule is CCC(=O)c1ccc(NCc2ccc([N+](=O)[O-])cc2)cc1. The number of hydrogen-bond acceptors (Lipinski definition) is 4. The van der Waals surface area contributed by atoms with E-state index in [9.17, 15) is 14.9 Å². The first-order valence-electron chi connectivity index (χ1n) is 6.70. The van der Waals surface area contributed by atoms with Gasteiger partial charge in [-0.1, -0.05) is 19.1 Å². The summed E-state index contributed by atoms with van der Waals surface area (Å²) >= 11 is 0. The van der Waals surface area contributed by atoms with Gasteiger partial charge in [-0.2, -0.15) is 0 Å². The molecule has 5 heteroatoms. The lowest BCUT2D eigenvalue weighted by atomic mass is 10.1. The zero-order valence-corrected chi connectivity index (χ0v) is 11.7. The third-order valence-corrected chi connectivity index (χ3v) is 3.17. The third kappa shape index (κ3) is 3.89. The molecule has 0 saturated heterocycles. The summed E-state index contributed by atoms with van der Waals surface area (Å²) in [6.45, 7) is 2.40. The molecule has 0 spiro atoms. The van der Waals surface area contributed by atoms with Crippen molar-refractivity contribution in [2.45, 2.75) is 19.9 Å². The quantitative estimate of drug-likeness (QED) is 0.497. The number of benzene rings is 2. The summed E-state index contributed by atoms with van der Waals surface area (Å²) in [7, 11) is 0. The summed E-state index contributed by atoms with van der Waals surface area (Å²) in [4.78, 5) is 21.7. The average molecular weight is 284 g/mol. The lowest BCUT2D eigenvalue weighted by molar-refractivity contribution is -0.384. The van der Waals surface area contributed by atoms with E-state index in [4.69, 9.17) is 0 Å². The molecule has 0 aliphatic carbocycles. The highest BCUT2D eigenvalue weighted by atomic mass is 16.6. The fourth-order valence-electron chi connectivity index (χ4n) is 1.92. The van der Waals surface area contributed by atoms with Crippen LogP contribution in [-0.4, -0.2) is 10.7 Å². The molecule has 0 aliphatic heterocycles. The minimum Gasteiger partial charge on any atom is -0.381 e. The van der Waals surface area contributed by atoms with Crippen LogP contribution in [0.1, 0.15) is 29.3 Å². The second-order valence-corrected chi connectivity index (χ2v) is 4.63. The number of carbonyl (C=O) groups excluding carboxylic acids is 1. The molecule has 0 bridgehead atoms. The van der Waals surface area contributed by atoms with Crippen LogP contribution in [0.2, 0.25) is 0 Å². The van der Waals surface area contributed by atoms with Crippen molar-refractivity contribution in [3.05, 3.63) is 69.8 Å². The number of Topliss-reactive ketones (excluding diaryl/α,β-unsaturated/α-hetero) is 1.